The van der Waals surface area contributed by atoms with Crippen LogP contribution in [-0.2, 0) is 4.74 Å². The molecule has 0 spiro atoms. The zero-order valence-electron chi connectivity index (χ0n) is 11.1. The third-order valence-electron chi connectivity index (χ3n) is 3.59. The van der Waals surface area contributed by atoms with Crippen LogP contribution in [0, 0.1) is 11.8 Å². The lowest BCUT2D eigenvalue weighted by Gasteiger charge is -2.31. The highest BCUT2D eigenvalue weighted by molar-refractivity contribution is 5.82. The van der Waals surface area contributed by atoms with Crippen molar-refractivity contribution in [1.29, 1.82) is 0 Å². The Labute approximate surface area is 104 Å². The quantitative estimate of drug-likeness (QED) is 0.290. The van der Waals surface area contributed by atoms with Gasteiger partial charge in [-0.1, -0.05) is 12.1 Å². The van der Waals surface area contributed by atoms with E-state index in [-0.39, 0.29) is 5.92 Å². The van der Waals surface area contributed by atoms with E-state index in [0.717, 1.165) is 25.6 Å². The van der Waals surface area contributed by atoms with Gasteiger partial charge in [-0.25, -0.2) is 0 Å². The van der Waals surface area contributed by atoms with Crippen LogP contribution in [0.4, 0.5) is 0 Å². The average Bonchev–Trinajstić information content (AvgIpc) is 3.16. The van der Waals surface area contributed by atoms with Gasteiger partial charge >= 0.3 is 0 Å². The number of oxime groups is 1. The third kappa shape index (κ3) is 4.52. The van der Waals surface area contributed by atoms with E-state index >= 15 is 0 Å². The van der Waals surface area contributed by atoms with Gasteiger partial charge < -0.3 is 15.7 Å². The molecule has 100 valence electrons. The topological polar surface area (TPSA) is 71.1 Å². The first-order valence-electron chi connectivity index (χ1n) is 6.30. The Kier molecular flexibility index (Phi) is 5.71. The molecule has 0 radical (unpaired) electrons. The summed E-state index contributed by atoms with van der Waals surface area (Å²) < 4.78 is 5.14. The molecule has 0 saturated heterocycles. The number of rotatable bonds is 8. The summed E-state index contributed by atoms with van der Waals surface area (Å²) in [4.78, 5) is 2.38. The van der Waals surface area contributed by atoms with Crippen LogP contribution in [-0.4, -0.2) is 48.8 Å². The smallest absolute Gasteiger partial charge is 0.143 e. The normalized spacial score (nSPS) is 20.6. The molecule has 5 nitrogen and oxygen atoms in total. The maximum atomic E-state index is 8.67. The lowest BCUT2D eigenvalue weighted by atomic mass is 10.1. The molecule has 0 aromatic heterocycles. The van der Waals surface area contributed by atoms with Gasteiger partial charge in [0.05, 0.1) is 6.61 Å². The lowest BCUT2D eigenvalue weighted by Crippen LogP contribution is -2.42. The van der Waals surface area contributed by atoms with E-state index in [1.165, 1.54) is 12.8 Å². The van der Waals surface area contributed by atoms with E-state index in [0.29, 0.717) is 11.9 Å². The number of amidine groups is 1. The summed E-state index contributed by atoms with van der Waals surface area (Å²) in [6, 6.07) is 0.555. The number of nitrogens with two attached hydrogens (primary N) is 1. The highest BCUT2D eigenvalue weighted by Crippen LogP contribution is 2.35. The first-order valence-corrected chi connectivity index (χ1v) is 6.30. The monoisotopic (exact) mass is 243 g/mol. The molecule has 0 aromatic carbocycles. The van der Waals surface area contributed by atoms with Crippen molar-refractivity contribution < 1.29 is 9.94 Å². The van der Waals surface area contributed by atoms with Crippen molar-refractivity contribution in [3.8, 4) is 0 Å². The number of hydrogen-bond acceptors (Lipinski definition) is 4. The van der Waals surface area contributed by atoms with Crippen molar-refractivity contribution in [2.45, 2.75) is 32.7 Å². The second-order valence-electron chi connectivity index (χ2n) is 4.99. The van der Waals surface area contributed by atoms with Crippen molar-refractivity contribution in [2.75, 3.05) is 26.8 Å². The van der Waals surface area contributed by atoms with E-state index < -0.39 is 0 Å². The number of hydrogen-bond donors (Lipinski definition) is 2. The standard InChI is InChI=1S/C12H25N3O2/c1-9(12(13)14-16)8-15(6-7-17-3)10(2)11-4-5-11/h9-11,16H,4-8H2,1-3H3,(H2,13,14). The molecule has 1 aliphatic carbocycles. The largest absolute Gasteiger partial charge is 0.409 e. The lowest BCUT2D eigenvalue weighted by molar-refractivity contribution is 0.111. The SMILES string of the molecule is COCCN(CC(C)/C(N)=N/O)C(C)C1CC1. The van der Waals surface area contributed by atoms with Crippen LogP contribution < -0.4 is 5.73 Å². The Hall–Kier alpha value is -0.810. The second-order valence-corrected chi connectivity index (χ2v) is 4.99. The minimum absolute atomic E-state index is 0.0676. The van der Waals surface area contributed by atoms with Gasteiger partial charge in [0.1, 0.15) is 5.84 Å². The van der Waals surface area contributed by atoms with E-state index in [4.69, 9.17) is 15.7 Å². The van der Waals surface area contributed by atoms with Crippen LogP contribution in [0.15, 0.2) is 5.16 Å². The van der Waals surface area contributed by atoms with Crippen LogP contribution in [0.1, 0.15) is 26.7 Å². The predicted molar refractivity (Wildman–Crippen MR) is 68.2 cm³/mol. The Morgan fingerprint density at radius 1 is 1.53 bits per heavy atom. The molecule has 0 aliphatic heterocycles. The molecule has 1 fully saturated rings. The van der Waals surface area contributed by atoms with Gasteiger partial charge in [0.2, 0.25) is 0 Å². The summed E-state index contributed by atoms with van der Waals surface area (Å²) >= 11 is 0. The average molecular weight is 243 g/mol. The minimum Gasteiger partial charge on any atom is -0.409 e. The van der Waals surface area contributed by atoms with Crippen molar-refractivity contribution >= 4 is 5.84 Å². The molecular formula is C12H25N3O2. The summed E-state index contributed by atoms with van der Waals surface area (Å²) in [6.07, 6.45) is 2.64. The Balaban J connectivity index is 2.49. The molecular weight excluding hydrogens is 218 g/mol. The molecule has 1 rings (SSSR count). The van der Waals surface area contributed by atoms with Crippen LogP contribution in [0.3, 0.4) is 0 Å². The molecule has 17 heavy (non-hydrogen) atoms. The molecule has 0 amide bonds. The van der Waals surface area contributed by atoms with Crippen molar-refractivity contribution in [2.24, 2.45) is 22.7 Å². The summed E-state index contributed by atoms with van der Waals surface area (Å²) in [5.74, 6) is 1.18. The van der Waals surface area contributed by atoms with Gasteiger partial charge in [-0.3, -0.25) is 4.90 Å². The Morgan fingerprint density at radius 3 is 2.65 bits per heavy atom. The molecule has 1 saturated carbocycles. The summed E-state index contributed by atoms with van der Waals surface area (Å²) in [6.45, 7) is 6.68. The van der Waals surface area contributed by atoms with Crippen LogP contribution >= 0.6 is 0 Å². The van der Waals surface area contributed by atoms with E-state index in [9.17, 15) is 0 Å². The summed E-state index contributed by atoms with van der Waals surface area (Å²) in [5.41, 5.74) is 5.63. The first-order chi connectivity index (χ1) is 8.10. The van der Waals surface area contributed by atoms with E-state index in [1.54, 1.807) is 7.11 Å². The van der Waals surface area contributed by atoms with Crippen LogP contribution in [0.2, 0.25) is 0 Å². The predicted octanol–water partition coefficient (Wildman–Crippen LogP) is 1.12. The van der Waals surface area contributed by atoms with Crippen molar-refractivity contribution in [3.63, 3.8) is 0 Å². The summed E-state index contributed by atoms with van der Waals surface area (Å²) in [7, 11) is 1.72. The zero-order chi connectivity index (χ0) is 12.8. The molecule has 1 aliphatic rings. The molecule has 0 aromatic rings. The van der Waals surface area contributed by atoms with Gasteiger partial charge in [0, 0.05) is 32.2 Å². The molecule has 0 bridgehead atoms. The van der Waals surface area contributed by atoms with Gasteiger partial charge in [-0.15, -0.1) is 0 Å². The fraction of sp³-hybridized carbons (Fsp3) is 0.917. The fourth-order valence-corrected chi connectivity index (χ4v) is 2.09. The van der Waals surface area contributed by atoms with Crippen molar-refractivity contribution in [3.05, 3.63) is 0 Å². The van der Waals surface area contributed by atoms with Gasteiger partial charge in [0.25, 0.3) is 0 Å². The highest BCUT2D eigenvalue weighted by atomic mass is 16.5. The second kappa shape index (κ2) is 6.81. The van der Waals surface area contributed by atoms with Crippen LogP contribution in [0.25, 0.3) is 0 Å². The third-order valence-corrected chi connectivity index (χ3v) is 3.59. The molecule has 5 heteroatoms. The Morgan fingerprint density at radius 2 is 2.18 bits per heavy atom. The van der Waals surface area contributed by atoms with Gasteiger partial charge in [0.15, 0.2) is 0 Å². The van der Waals surface area contributed by atoms with Crippen LogP contribution in [0.5, 0.6) is 0 Å². The number of nitrogens with zero attached hydrogens (tertiary/aromatic N) is 2. The van der Waals surface area contributed by atoms with E-state index in [1.807, 2.05) is 6.92 Å². The first kappa shape index (κ1) is 14.3. The molecule has 2 unspecified atom stereocenters. The summed E-state index contributed by atoms with van der Waals surface area (Å²) in [5, 5.41) is 11.8. The molecule has 2 atom stereocenters. The fourth-order valence-electron chi connectivity index (χ4n) is 2.09. The van der Waals surface area contributed by atoms with Gasteiger partial charge in [-0.2, -0.15) is 0 Å². The zero-order valence-corrected chi connectivity index (χ0v) is 11.1. The van der Waals surface area contributed by atoms with Crippen molar-refractivity contribution in [1.82, 2.24) is 4.90 Å². The maximum absolute atomic E-state index is 8.67. The Bertz CT molecular complexity index is 254. The number of methoxy groups -OCH3 is 1. The highest BCUT2D eigenvalue weighted by Gasteiger charge is 2.32. The number of ether oxygens (including phenoxy) is 1. The maximum Gasteiger partial charge on any atom is 0.143 e. The molecule has 3 N–H and O–H groups in total. The van der Waals surface area contributed by atoms with Gasteiger partial charge in [-0.05, 0) is 25.7 Å². The minimum atomic E-state index is 0.0676. The van der Waals surface area contributed by atoms with E-state index in [2.05, 4.69) is 17.0 Å². The molecule has 0 heterocycles.